The Morgan fingerprint density at radius 3 is 2.10 bits per heavy atom. The molecular formula is C24H26N2O4S. The van der Waals surface area contributed by atoms with Crippen molar-refractivity contribution in [1.29, 1.82) is 0 Å². The minimum absolute atomic E-state index is 0.109. The molecule has 0 aliphatic carbocycles. The topological polar surface area (TPSA) is 84.5 Å². The van der Waals surface area contributed by atoms with E-state index in [1.165, 1.54) is 24.3 Å². The molecule has 0 heterocycles. The van der Waals surface area contributed by atoms with Crippen molar-refractivity contribution in [3.8, 4) is 5.75 Å². The van der Waals surface area contributed by atoms with Crippen LogP contribution in [0.15, 0.2) is 65.6 Å². The van der Waals surface area contributed by atoms with Gasteiger partial charge in [0.25, 0.3) is 15.9 Å². The number of anilines is 2. The number of benzene rings is 3. The molecule has 3 aromatic carbocycles. The molecule has 31 heavy (non-hydrogen) atoms. The van der Waals surface area contributed by atoms with Crippen molar-refractivity contribution >= 4 is 27.3 Å². The van der Waals surface area contributed by atoms with Gasteiger partial charge in [-0.15, -0.1) is 0 Å². The number of carbonyl (C=O) groups is 1. The summed E-state index contributed by atoms with van der Waals surface area (Å²) in [6, 6.07) is 17.1. The summed E-state index contributed by atoms with van der Waals surface area (Å²) in [7, 11) is -3.73. The van der Waals surface area contributed by atoms with Crippen molar-refractivity contribution in [3.05, 3.63) is 82.9 Å². The van der Waals surface area contributed by atoms with E-state index in [0.29, 0.717) is 11.4 Å². The fraction of sp³-hybridized carbons (Fsp3) is 0.208. The Bertz CT molecular complexity index is 1180. The van der Waals surface area contributed by atoms with Crippen LogP contribution in [0.1, 0.15) is 22.3 Å². The highest BCUT2D eigenvalue weighted by Gasteiger charge is 2.15. The van der Waals surface area contributed by atoms with Gasteiger partial charge in [0.15, 0.2) is 6.61 Å². The molecule has 7 heteroatoms. The molecular weight excluding hydrogens is 412 g/mol. The number of hydrogen-bond donors (Lipinski definition) is 2. The lowest BCUT2D eigenvalue weighted by Crippen LogP contribution is -2.21. The zero-order valence-corrected chi connectivity index (χ0v) is 18.8. The summed E-state index contributed by atoms with van der Waals surface area (Å²) in [5, 5.41) is 2.85. The van der Waals surface area contributed by atoms with E-state index in [0.717, 1.165) is 27.9 Å². The van der Waals surface area contributed by atoms with Crippen molar-refractivity contribution in [2.24, 2.45) is 0 Å². The van der Waals surface area contributed by atoms with Crippen LogP contribution in [0, 0.1) is 27.7 Å². The first-order chi connectivity index (χ1) is 14.7. The molecule has 0 aliphatic rings. The van der Waals surface area contributed by atoms with Gasteiger partial charge in [0.1, 0.15) is 5.75 Å². The van der Waals surface area contributed by atoms with Crippen molar-refractivity contribution in [2.45, 2.75) is 32.6 Å². The van der Waals surface area contributed by atoms with Gasteiger partial charge < -0.3 is 10.1 Å². The number of sulfonamides is 1. The van der Waals surface area contributed by atoms with E-state index in [1.54, 1.807) is 12.1 Å². The van der Waals surface area contributed by atoms with Gasteiger partial charge in [-0.05, 0) is 86.3 Å². The summed E-state index contributed by atoms with van der Waals surface area (Å²) in [6.07, 6.45) is 0. The quantitative estimate of drug-likeness (QED) is 0.558. The van der Waals surface area contributed by atoms with E-state index in [2.05, 4.69) is 10.0 Å². The summed E-state index contributed by atoms with van der Waals surface area (Å²) < 4.78 is 33.3. The number of nitrogens with one attached hydrogen (secondary N) is 2. The monoisotopic (exact) mass is 438 g/mol. The molecule has 162 valence electrons. The second-order valence-electron chi connectivity index (χ2n) is 7.48. The number of hydrogen-bond acceptors (Lipinski definition) is 4. The Morgan fingerprint density at radius 1 is 0.839 bits per heavy atom. The molecule has 0 aromatic heterocycles. The van der Waals surface area contributed by atoms with E-state index < -0.39 is 10.0 Å². The van der Waals surface area contributed by atoms with Crippen molar-refractivity contribution in [3.63, 3.8) is 0 Å². The maximum Gasteiger partial charge on any atom is 0.262 e. The van der Waals surface area contributed by atoms with Gasteiger partial charge in [0, 0.05) is 11.4 Å². The van der Waals surface area contributed by atoms with Crippen LogP contribution in [0.2, 0.25) is 0 Å². The third-order valence-corrected chi connectivity index (χ3v) is 6.41. The highest BCUT2D eigenvalue weighted by Crippen LogP contribution is 2.22. The average Bonchev–Trinajstić information content (AvgIpc) is 2.72. The number of ether oxygens (including phenoxy) is 1. The molecule has 1 amide bonds. The van der Waals surface area contributed by atoms with E-state index in [9.17, 15) is 13.2 Å². The molecule has 0 bridgehead atoms. The zero-order valence-electron chi connectivity index (χ0n) is 18.0. The maximum absolute atomic E-state index is 12.6. The molecule has 0 unspecified atom stereocenters. The predicted molar refractivity (Wildman–Crippen MR) is 123 cm³/mol. The van der Waals surface area contributed by atoms with Crippen LogP contribution in [-0.2, 0) is 14.8 Å². The number of para-hydroxylation sites is 1. The van der Waals surface area contributed by atoms with Crippen LogP contribution < -0.4 is 14.8 Å². The molecule has 3 rings (SSSR count). The van der Waals surface area contributed by atoms with Crippen LogP contribution in [0.25, 0.3) is 0 Å². The van der Waals surface area contributed by atoms with Crippen LogP contribution in [-0.4, -0.2) is 20.9 Å². The summed E-state index contributed by atoms with van der Waals surface area (Å²) in [5.41, 5.74) is 5.31. The van der Waals surface area contributed by atoms with Crippen LogP contribution in [0.4, 0.5) is 11.4 Å². The maximum atomic E-state index is 12.6. The van der Waals surface area contributed by atoms with Crippen LogP contribution in [0.3, 0.4) is 0 Å². The van der Waals surface area contributed by atoms with Gasteiger partial charge in [0.2, 0.25) is 0 Å². The van der Waals surface area contributed by atoms with E-state index in [1.807, 2.05) is 52.0 Å². The Morgan fingerprint density at radius 2 is 1.48 bits per heavy atom. The number of rotatable bonds is 7. The lowest BCUT2D eigenvalue weighted by atomic mass is 10.1. The minimum Gasteiger partial charge on any atom is -0.484 e. The highest BCUT2D eigenvalue weighted by atomic mass is 32.2. The third kappa shape index (κ3) is 5.64. The highest BCUT2D eigenvalue weighted by molar-refractivity contribution is 7.92. The fourth-order valence-electron chi connectivity index (χ4n) is 3.07. The standard InChI is InChI=1S/C24H26N2O4S/c1-16-8-9-20(14-19(16)4)26-31(28,29)22-12-10-21(11-13-22)30-15-23(27)25-24-17(2)6-5-7-18(24)3/h5-14,26H,15H2,1-4H3,(H,25,27). The van der Waals surface area contributed by atoms with Crippen molar-refractivity contribution in [2.75, 3.05) is 16.6 Å². The number of amides is 1. The normalized spacial score (nSPS) is 11.1. The SMILES string of the molecule is Cc1ccc(NS(=O)(=O)c2ccc(OCC(=O)Nc3c(C)cccc3C)cc2)cc1C. The first-order valence-electron chi connectivity index (χ1n) is 9.85. The molecule has 0 fully saturated rings. The molecule has 0 saturated heterocycles. The van der Waals surface area contributed by atoms with Crippen LogP contribution in [0.5, 0.6) is 5.75 Å². The number of aryl methyl sites for hydroxylation is 4. The predicted octanol–water partition coefficient (Wildman–Crippen LogP) is 4.74. The van der Waals surface area contributed by atoms with Crippen molar-refractivity contribution < 1.29 is 17.9 Å². The van der Waals surface area contributed by atoms with Gasteiger partial charge >= 0.3 is 0 Å². The minimum atomic E-state index is -3.73. The molecule has 6 nitrogen and oxygen atoms in total. The summed E-state index contributed by atoms with van der Waals surface area (Å²) in [5.74, 6) is 0.118. The lowest BCUT2D eigenvalue weighted by Gasteiger charge is -2.13. The Balaban J connectivity index is 1.61. The van der Waals surface area contributed by atoms with Gasteiger partial charge in [0.05, 0.1) is 4.90 Å². The van der Waals surface area contributed by atoms with Gasteiger partial charge in [-0.3, -0.25) is 9.52 Å². The van der Waals surface area contributed by atoms with Gasteiger partial charge in [-0.1, -0.05) is 24.3 Å². The summed E-state index contributed by atoms with van der Waals surface area (Å²) in [6.45, 7) is 7.56. The fourth-order valence-corrected chi connectivity index (χ4v) is 4.12. The van der Waals surface area contributed by atoms with Crippen molar-refractivity contribution in [1.82, 2.24) is 0 Å². The molecule has 0 saturated carbocycles. The third-order valence-electron chi connectivity index (χ3n) is 5.01. The lowest BCUT2D eigenvalue weighted by molar-refractivity contribution is -0.118. The van der Waals surface area contributed by atoms with Gasteiger partial charge in [-0.2, -0.15) is 0 Å². The first kappa shape index (κ1) is 22.4. The Hall–Kier alpha value is -3.32. The van der Waals surface area contributed by atoms with E-state index >= 15 is 0 Å². The zero-order chi connectivity index (χ0) is 22.6. The molecule has 0 radical (unpaired) electrons. The summed E-state index contributed by atoms with van der Waals surface area (Å²) in [4.78, 5) is 12.3. The molecule has 3 aromatic rings. The Labute approximate surface area is 183 Å². The average molecular weight is 439 g/mol. The molecule has 0 atom stereocenters. The summed E-state index contributed by atoms with van der Waals surface area (Å²) >= 11 is 0. The molecule has 0 spiro atoms. The molecule has 0 aliphatic heterocycles. The molecule has 2 N–H and O–H groups in total. The second kappa shape index (κ2) is 9.22. The first-order valence-corrected chi connectivity index (χ1v) is 11.3. The number of carbonyl (C=O) groups excluding carboxylic acids is 1. The van der Waals surface area contributed by atoms with Crippen LogP contribution >= 0.6 is 0 Å². The second-order valence-corrected chi connectivity index (χ2v) is 9.16. The van der Waals surface area contributed by atoms with E-state index in [4.69, 9.17) is 4.74 Å². The van der Waals surface area contributed by atoms with E-state index in [-0.39, 0.29) is 17.4 Å². The van der Waals surface area contributed by atoms with Gasteiger partial charge in [-0.25, -0.2) is 8.42 Å². The Kier molecular flexibility index (Phi) is 6.65. The smallest absolute Gasteiger partial charge is 0.262 e. The largest absolute Gasteiger partial charge is 0.484 e.